The third-order valence-corrected chi connectivity index (χ3v) is 3.62. The second-order valence-electron chi connectivity index (χ2n) is 4.63. The predicted octanol–water partition coefficient (Wildman–Crippen LogP) is 3.65. The molecule has 2 aromatic carbocycles. The van der Waals surface area contributed by atoms with E-state index < -0.39 is 0 Å². The highest BCUT2D eigenvalue weighted by Gasteiger charge is 2.16. The topological polar surface area (TPSA) is 58.6 Å². The first kappa shape index (κ1) is 15.4. The molecule has 1 unspecified atom stereocenters. The molecule has 1 amide bonds. The van der Waals surface area contributed by atoms with Crippen LogP contribution in [0.2, 0.25) is 0 Å². The minimum absolute atomic E-state index is 0.176. The number of halogens is 1. The minimum atomic E-state index is -0.227. The summed E-state index contributed by atoms with van der Waals surface area (Å²) >= 11 is 3.34. The van der Waals surface area contributed by atoms with E-state index in [1.165, 1.54) is 7.11 Å². The van der Waals surface area contributed by atoms with Crippen LogP contribution < -0.4 is 10.1 Å². The lowest BCUT2D eigenvalue weighted by Gasteiger charge is -2.16. The molecule has 1 atom stereocenters. The second kappa shape index (κ2) is 6.63. The zero-order valence-corrected chi connectivity index (χ0v) is 13.3. The van der Waals surface area contributed by atoms with Crippen molar-refractivity contribution in [3.05, 3.63) is 58.1 Å². The Balaban J connectivity index is 2.18. The van der Waals surface area contributed by atoms with Crippen molar-refractivity contribution in [3.63, 3.8) is 0 Å². The third-order valence-electron chi connectivity index (χ3n) is 3.13. The van der Waals surface area contributed by atoms with E-state index in [9.17, 15) is 9.90 Å². The first-order valence-electron chi connectivity index (χ1n) is 6.44. The Kier molecular flexibility index (Phi) is 4.85. The van der Waals surface area contributed by atoms with E-state index in [1.807, 2.05) is 13.0 Å². The molecule has 2 N–H and O–H groups in total. The predicted molar refractivity (Wildman–Crippen MR) is 84.7 cm³/mol. The summed E-state index contributed by atoms with van der Waals surface area (Å²) in [7, 11) is 1.53. The summed E-state index contributed by atoms with van der Waals surface area (Å²) in [6, 6.07) is 11.8. The Morgan fingerprint density at radius 3 is 2.71 bits per heavy atom. The number of hydrogen-bond donors (Lipinski definition) is 2. The molecule has 0 fully saturated rings. The van der Waals surface area contributed by atoms with Crippen LogP contribution in [0.3, 0.4) is 0 Å². The second-order valence-corrected chi connectivity index (χ2v) is 5.55. The van der Waals surface area contributed by atoms with Crippen LogP contribution in [0.5, 0.6) is 11.5 Å². The SMILES string of the molecule is COc1cc(Br)ccc1C(=O)NC(C)c1cccc(O)c1. The molecule has 0 radical (unpaired) electrons. The van der Waals surface area contributed by atoms with Gasteiger partial charge in [-0.3, -0.25) is 4.79 Å². The summed E-state index contributed by atoms with van der Waals surface area (Å²) in [6.07, 6.45) is 0. The highest BCUT2D eigenvalue weighted by Crippen LogP contribution is 2.24. The minimum Gasteiger partial charge on any atom is -0.508 e. The number of amides is 1. The van der Waals surface area contributed by atoms with Gasteiger partial charge in [0.25, 0.3) is 5.91 Å². The van der Waals surface area contributed by atoms with Crippen LogP contribution >= 0.6 is 15.9 Å². The van der Waals surface area contributed by atoms with Gasteiger partial charge in [-0.2, -0.15) is 0 Å². The molecule has 110 valence electrons. The van der Waals surface area contributed by atoms with Gasteiger partial charge in [0.05, 0.1) is 18.7 Å². The van der Waals surface area contributed by atoms with Gasteiger partial charge < -0.3 is 15.2 Å². The highest BCUT2D eigenvalue weighted by molar-refractivity contribution is 9.10. The number of ether oxygens (including phenoxy) is 1. The lowest BCUT2D eigenvalue weighted by molar-refractivity contribution is 0.0936. The monoisotopic (exact) mass is 349 g/mol. The van der Waals surface area contributed by atoms with Crippen LogP contribution in [-0.2, 0) is 0 Å². The molecule has 0 aliphatic carbocycles. The molecule has 21 heavy (non-hydrogen) atoms. The fourth-order valence-electron chi connectivity index (χ4n) is 2.00. The zero-order chi connectivity index (χ0) is 15.4. The van der Waals surface area contributed by atoms with Gasteiger partial charge in [-0.25, -0.2) is 0 Å². The third kappa shape index (κ3) is 3.76. The average Bonchev–Trinajstić information content (AvgIpc) is 2.46. The molecule has 0 aromatic heterocycles. The van der Waals surface area contributed by atoms with Gasteiger partial charge in [-0.15, -0.1) is 0 Å². The summed E-state index contributed by atoms with van der Waals surface area (Å²) in [5.74, 6) is 0.454. The van der Waals surface area contributed by atoms with Gasteiger partial charge >= 0.3 is 0 Å². The number of methoxy groups -OCH3 is 1. The molecule has 0 spiro atoms. The van der Waals surface area contributed by atoms with Crippen LogP contribution in [0, 0.1) is 0 Å². The maximum absolute atomic E-state index is 12.3. The average molecular weight is 350 g/mol. The van der Waals surface area contributed by atoms with Gasteiger partial charge in [-0.1, -0.05) is 28.1 Å². The molecular formula is C16H16BrNO3. The smallest absolute Gasteiger partial charge is 0.255 e. The fourth-order valence-corrected chi connectivity index (χ4v) is 2.34. The van der Waals surface area contributed by atoms with Crippen molar-refractivity contribution in [1.82, 2.24) is 5.32 Å². The standard InChI is InChI=1S/C16H16BrNO3/c1-10(11-4-3-5-13(19)8-11)18-16(20)14-7-6-12(17)9-15(14)21-2/h3-10,19H,1-2H3,(H,18,20). The maximum atomic E-state index is 12.3. The Hall–Kier alpha value is -2.01. The summed E-state index contributed by atoms with van der Waals surface area (Å²) in [6.45, 7) is 1.86. The fraction of sp³-hybridized carbons (Fsp3) is 0.188. The number of phenols is 1. The van der Waals surface area contributed by atoms with Crippen molar-refractivity contribution in [3.8, 4) is 11.5 Å². The van der Waals surface area contributed by atoms with Crippen LogP contribution in [0.25, 0.3) is 0 Å². The van der Waals surface area contributed by atoms with Gasteiger partial charge in [0.1, 0.15) is 11.5 Å². The molecule has 0 heterocycles. The van der Waals surface area contributed by atoms with Crippen molar-refractivity contribution in [2.24, 2.45) is 0 Å². The van der Waals surface area contributed by atoms with Crippen LogP contribution in [-0.4, -0.2) is 18.1 Å². The number of rotatable bonds is 4. The largest absolute Gasteiger partial charge is 0.508 e. The van der Waals surface area contributed by atoms with Gasteiger partial charge in [0.2, 0.25) is 0 Å². The molecule has 2 rings (SSSR count). The van der Waals surface area contributed by atoms with E-state index in [0.29, 0.717) is 11.3 Å². The van der Waals surface area contributed by atoms with Crippen molar-refractivity contribution in [1.29, 1.82) is 0 Å². The van der Waals surface area contributed by atoms with Gasteiger partial charge in [0, 0.05) is 4.47 Å². The molecule has 0 aliphatic rings. The van der Waals surface area contributed by atoms with Crippen LogP contribution in [0.1, 0.15) is 28.9 Å². The van der Waals surface area contributed by atoms with E-state index in [4.69, 9.17) is 4.74 Å². The van der Waals surface area contributed by atoms with Gasteiger partial charge in [-0.05, 0) is 42.8 Å². The van der Waals surface area contributed by atoms with E-state index in [2.05, 4.69) is 21.2 Å². The van der Waals surface area contributed by atoms with Crippen molar-refractivity contribution >= 4 is 21.8 Å². The molecule has 5 heteroatoms. The number of aromatic hydroxyl groups is 1. The summed E-state index contributed by atoms with van der Waals surface area (Å²) < 4.78 is 6.07. The van der Waals surface area contributed by atoms with E-state index in [-0.39, 0.29) is 17.7 Å². The number of benzene rings is 2. The molecule has 4 nitrogen and oxygen atoms in total. The van der Waals surface area contributed by atoms with Crippen LogP contribution in [0.4, 0.5) is 0 Å². The van der Waals surface area contributed by atoms with E-state index in [0.717, 1.165) is 10.0 Å². The Morgan fingerprint density at radius 2 is 2.05 bits per heavy atom. The first-order valence-corrected chi connectivity index (χ1v) is 7.24. The highest BCUT2D eigenvalue weighted by atomic mass is 79.9. The molecule has 0 saturated heterocycles. The Morgan fingerprint density at radius 1 is 1.29 bits per heavy atom. The number of nitrogens with one attached hydrogen (secondary N) is 1. The molecule has 2 aromatic rings. The van der Waals surface area contributed by atoms with Crippen molar-refractivity contribution < 1.29 is 14.6 Å². The van der Waals surface area contributed by atoms with Crippen LogP contribution in [0.15, 0.2) is 46.9 Å². The summed E-state index contributed by atoms with van der Waals surface area (Å²) in [4.78, 5) is 12.3. The van der Waals surface area contributed by atoms with Crippen molar-refractivity contribution in [2.45, 2.75) is 13.0 Å². The maximum Gasteiger partial charge on any atom is 0.255 e. The van der Waals surface area contributed by atoms with E-state index in [1.54, 1.807) is 36.4 Å². The quantitative estimate of drug-likeness (QED) is 0.885. The summed E-state index contributed by atoms with van der Waals surface area (Å²) in [5.41, 5.74) is 1.30. The number of hydrogen-bond acceptors (Lipinski definition) is 3. The zero-order valence-electron chi connectivity index (χ0n) is 11.8. The molecule has 0 bridgehead atoms. The lowest BCUT2D eigenvalue weighted by Crippen LogP contribution is -2.27. The Bertz CT molecular complexity index is 658. The first-order chi connectivity index (χ1) is 10.0. The molecular weight excluding hydrogens is 334 g/mol. The van der Waals surface area contributed by atoms with Crippen molar-refractivity contribution in [2.75, 3.05) is 7.11 Å². The number of carbonyl (C=O) groups excluding carboxylic acids is 1. The van der Waals surface area contributed by atoms with E-state index >= 15 is 0 Å². The number of carbonyl (C=O) groups is 1. The summed E-state index contributed by atoms with van der Waals surface area (Å²) in [5, 5.41) is 12.4. The Labute approximate surface area is 131 Å². The molecule has 0 aliphatic heterocycles. The number of phenolic OH excluding ortho intramolecular Hbond substituents is 1. The lowest BCUT2D eigenvalue weighted by atomic mass is 10.1. The van der Waals surface area contributed by atoms with Gasteiger partial charge in [0.15, 0.2) is 0 Å². The normalized spacial score (nSPS) is 11.8. The molecule has 0 saturated carbocycles.